The molecule has 2 N–H and O–H groups in total. The van der Waals surface area contributed by atoms with Crippen molar-refractivity contribution in [1.29, 1.82) is 0 Å². The molecule has 0 aromatic heterocycles. The number of rotatable bonds is 8. The molecule has 0 radical (unpaired) electrons. The molecule has 27 heavy (non-hydrogen) atoms. The van der Waals surface area contributed by atoms with Crippen molar-refractivity contribution in [3.63, 3.8) is 0 Å². The van der Waals surface area contributed by atoms with Gasteiger partial charge < -0.3 is 4.52 Å². The molecule has 3 aromatic carbocycles. The summed E-state index contributed by atoms with van der Waals surface area (Å²) in [5.74, 6) is 0.644. The Kier molecular flexibility index (Phi) is 6.74. The molecule has 0 amide bonds. The topological polar surface area (TPSA) is 58.0 Å². The monoisotopic (exact) mass is 394 g/mol. The number of para-hydroxylation sites is 1. The molecule has 0 spiro atoms. The van der Waals surface area contributed by atoms with Crippen LogP contribution < -0.4 is 14.9 Å². The lowest BCUT2D eigenvalue weighted by Gasteiger charge is -2.21. The van der Waals surface area contributed by atoms with Crippen molar-refractivity contribution in [2.75, 3.05) is 0 Å². The quantitative estimate of drug-likeness (QED) is 0.335. The molecule has 7 heteroatoms. The number of hydrazone groups is 2. The number of benzene rings is 3. The Morgan fingerprint density at radius 3 is 1.52 bits per heavy atom. The SMILES string of the molecule is S=P(N/N=C/c1ccccc1)(N/N=C/c1ccccc1)Oc1ccccc1. The van der Waals surface area contributed by atoms with Crippen molar-refractivity contribution in [1.82, 2.24) is 10.4 Å². The minimum atomic E-state index is -2.78. The van der Waals surface area contributed by atoms with E-state index in [1.54, 1.807) is 12.4 Å². The smallest absolute Gasteiger partial charge is 0.331 e. The highest BCUT2D eigenvalue weighted by atomic mass is 32.4. The van der Waals surface area contributed by atoms with Crippen LogP contribution in [0.4, 0.5) is 0 Å². The first-order chi connectivity index (χ1) is 13.2. The fraction of sp³-hybridized carbons (Fsp3) is 0. The third-order valence-electron chi connectivity index (χ3n) is 3.38. The van der Waals surface area contributed by atoms with E-state index >= 15 is 0 Å². The van der Waals surface area contributed by atoms with Crippen molar-refractivity contribution in [3.05, 3.63) is 102 Å². The Morgan fingerprint density at radius 1 is 0.667 bits per heavy atom. The van der Waals surface area contributed by atoms with E-state index in [0.29, 0.717) is 5.75 Å². The second-order valence-corrected chi connectivity index (χ2v) is 8.72. The van der Waals surface area contributed by atoms with Crippen LogP contribution >= 0.6 is 6.57 Å². The molecule has 0 aliphatic heterocycles. The molecule has 0 atom stereocenters. The van der Waals surface area contributed by atoms with Crippen molar-refractivity contribution in [2.45, 2.75) is 0 Å². The van der Waals surface area contributed by atoms with E-state index in [0.717, 1.165) is 11.1 Å². The molecule has 0 unspecified atom stereocenters. The standard InChI is InChI=1S/C20H19N4OPS/c27-26(25-20-14-8-3-9-15-20,23-21-16-18-10-4-1-5-11-18)24-22-17-19-12-6-2-7-13-19/h1-17H,(H2,23,24,27)/b21-16+,22-17+. The van der Waals surface area contributed by atoms with Crippen LogP contribution in [0.5, 0.6) is 5.75 Å². The van der Waals surface area contributed by atoms with Gasteiger partial charge in [0.2, 0.25) is 0 Å². The van der Waals surface area contributed by atoms with E-state index in [-0.39, 0.29) is 0 Å². The van der Waals surface area contributed by atoms with Gasteiger partial charge in [-0.05, 0) is 35.1 Å². The highest BCUT2D eigenvalue weighted by Crippen LogP contribution is 2.39. The van der Waals surface area contributed by atoms with Crippen LogP contribution in [-0.2, 0) is 11.8 Å². The summed E-state index contributed by atoms with van der Waals surface area (Å²) in [5, 5.41) is 14.3. The van der Waals surface area contributed by atoms with Crippen molar-refractivity contribution >= 4 is 30.8 Å². The van der Waals surface area contributed by atoms with Crippen molar-refractivity contribution in [3.8, 4) is 5.75 Å². The number of nitrogens with one attached hydrogen (secondary N) is 2. The highest BCUT2D eigenvalue weighted by molar-refractivity contribution is 8.10. The van der Waals surface area contributed by atoms with Gasteiger partial charge in [0.25, 0.3) is 0 Å². The molecule has 0 heterocycles. The number of nitrogens with zero attached hydrogens (tertiary/aromatic N) is 2. The van der Waals surface area contributed by atoms with Crippen LogP contribution in [0, 0.1) is 0 Å². The first-order valence-electron chi connectivity index (χ1n) is 8.29. The molecular formula is C20H19N4OPS. The van der Waals surface area contributed by atoms with Crippen LogP contribution in [0.2, 0.25) is 0 Å². The van der Waals surface area contributed by atoms with Gasteiger partial charge in [-0.3, -0.25) is 0 Å². The van der Waals surface area contributed by atoms with Gasteiger partial charge in [-0.25, -0.2) is 10.4 Å². The summed E-state index contributed by atoms with van der Waals surface area (Å²) in [4.78, 5) is 0. The predicted molar refractivity (Wildman–Crippen MR) is 116 cm³/mol. The molecule has 5 nitrogen and oxygen atoms in total. The van der Waals surface area contributed by atoms with Gasteiger partial charge in [-0.15, -0.1) is 0 Å². The van der Waals surface area contributed by atoms with Crippen LogP contribution in [-0.4, -0.2) is 12.4 Å². The Hall–Kier alpha value is -2.95. The molecule has 3 aromatic rings. The molecular weight excluding hydrogens is 375 g/mol. The zero-order valence-corrected chi connectivity index (χ0v) is 16.2. The normalized spacial score (nSPS) is 11.6. The molecule has 0 aliphatic carbocycles. The van der Waals surface area contributed by atoms with E-state index < -0.39 is 6.57 Å². The molecule has 0 saturated carbocycles. The van der Waals surface area contributed by atoms with Gasteiger partial charge in [0.15, 0.2) is 0 Å². The van der Waals surface area contributed by atoms with Gasteiger partial charge in [-0.1, -0.05) is 78.9 Å². The summed E-state index contributed by atoms with van der Waals surface area (Å²) in [7, 11) is 0. The average molecular weight is 394 g/mol. The number of hydrogen-bond acceptors (Lipinski definition) is 4. The van der Waals surface area contributed by atoms with Crippen LogP contribution in [0.1, 0.15) is 11.1 Å². The Balaban J connectivity index is 1.72. The summed E-state index contributed by atoms with van der Waals surface area (Å²) in [6.45, 7) is -2.78. The first kappa shape index (κ1) is 18.8. The molecule has 0 aliphatic rings. The van der Waals surface area contributed by atoms with Crippen LogP contribution in [0.25, 0.3) is 0 Å². The van der Waals surface area contributed by atoms with Gasteiger partial charge in [0.05, 0.1) is 12.4 Å². The third kappa shape index (κ3) is 6.37. The average Bonchev–Trinajstić information content (AvgIpc) is 2.70. The maximum Gasteiger partial charge on any atom is 0.331 e. The molecule has 0 bridgehead atoms. The second-order valence-electron chi connectivity index (χ2n) is 5.49. The molecule has 0 saturated heterocycles. The van der Waals surface area contributed by atoms with E-state index in [2.05, 4.69) is 20.6 Å². The Morgan fingerprint density at radius 2 is 1.07 bits per heavy atom. The minimum Gasteiger partial charge on any atom is -0.432 e. The van der Waals surface area contributed by atoms with Crippen LogP contribution in [0.15, 0.2) is 101 Å². The number of hydrogen-bond donors (Lipinski definition) is 2. The third-order valence-corrected chi connectivity index (χ3v) is 5.32. The lowest BCUT2D eigenvalue weighted by atomic mass is 10.2. The van der Waals surface area contributed by atoms with Gasteiger partial charge in [-0.2, -0.15) is 10.2 Å². The van der Waals surface area contributed by atoms with Gasteiger partial charge >= 0.3 is 6.57 Å². The van der Waals surface area contributed by atoms with E-state index in [4.69, 9.17) is 16.3 Å². The first-order valence-corrected chi connectivity index (χ1v) is 11.0. The highest BCUT2D eigenvalue weighted by Gasteiger charge is 2.17. The Labute approximate surface area is 164 Å². The molecule has 3 rings (SSSR count). The maximum absolute atomic E-state index is 5.95. The van der Waals surface area contributed by atoms with Crippen LogP contribution in [0.3, 0.4) is 0 Å². The summed E-state index contributed by atoms with van der Waals surface area (Å²) < 4.78 is 5.95. The fourth-order valence-electron chi connectivity index (χ4n) is 2.13. The van der Waals surface area contributed by atoms with Crippen molar-refractivity contribution in [2.24, 2.45) is 10.2 Å². The zero-order valence-electron chi connectivity index (χ0n) is 14.5. The van der Waals surface area contributed by atoms with E-state index in [9.17, 15) is 0 Å². The van der Waals surface area contributed by atoms with Crippen molar-refractivity contribution < 1.29 is 4.52 Å². The lowest BCUT2D eigenvalue weighted by molar-refractivity contribution is 0.583. The fourth-order valence-corrected chi connectivity index (χ4v) is 3.64. The maximum atomic E-state index is 5.95. The lowest BCUT2D eigenvalue weighted by Crippen LogP contribution is -2.19. The van der Waals surface area contributed by atoms with Gasteiger partial charge in [0.1, 0.15) is 5.75 Å². The zero-order chi connectivity index (χ0) is 18.8. The predicted octanol–water partition coefficient (Wildman–Crippen LogP) is 4.54. The largest absolute Gasteiger partial charge is 0.432 e. The molecule has 136 valence electrons. The summed E-state index contributed by atoms with van der Waals surface area (Å²) in [5.41, 5.74) is 1.91. The molecule has 0 fully saturated rings. The Bertz CT molecular complexity index is 878. The summed E-state index contributed by atoms with van der Waals surface area (Å²) in [6, 6.07) is 28.9. The van der Waals surface area contributed by atoms with E-state index in [1.807, 2.05) is 91.0 Å². The second kappa shape index (κ2) is 9.67. The van der Waals surface area contributed by atoms with E-state index in [1.165, 1.54) is 0 Å². The minimum absolute atomic E-state index is 0.644. The van der Waals surface area contributed by atoms with Gasteiger partial charge in [0, 0.05) is 0 Å². The summed E-state index contributed by atoms with van der Waals surface area (Å²) in [6.07, 6.45) is 3.38. The summed E-state index contributed by atoms with van der Waals surface area (Å²) >= 11 is 5.65.